The number of pyridine rings is 1. The Morgan fingerprint density at radius 1 is 0.947 bits per heavy atom. The van der Waals surface area contributed by atoms with Gasteiger partial charge in [0.1, 0.15) is 0 Å². The topological polar surface area (TPSA) is 133 Å². The minimum absolute atomic E-state index is 0.0125. The molecule has 3 aliphatic heterocycles. The predicted molar refractivity (Wildman–Crippen MR) is 217 cm³/mol. The fraction of sp³-hybridized carbons (Fsp3) is 0.477. The van der Waals surface area contributed by atoms with Gasteiger partial charge in [-0.25, -0.2) is 9.97 Å². The predicted octanol–water partition coefficient (Wildman–Crippen LogP) is 6.12. The molecule has 298 valence electrons. The summed E-state index contributed by atoms with van der Waals surface area (Å²) in [7, 11) is 3.58. The van der Waals surface area contributed by atoms with Gasteiger partial charge in [0.2, 0.25) is 11.8 Å². The van der Waals surface area contributed by atoms with Gasteiger partial charge in [-0.2, -0.15) is 0 Å². The molecule has 9 rings (SSSR count). The number of fused-ring (bicyclic) bond motifs is 4. The number of rotatable bonds is 11. The minimum Gasteiger partial charge on any atom is -0.481 e. The summed E-state index contributed by atoms with van der Waals surface area (Å²) in [6, 6.07) is 16.2. The Morgan fingerprint density at radius 2 is 1.70 bits per heavy atom. The van der Waals surface area contributed by atoms with Crippen LogP contribution in [0.15, 0.2) is 48.5 Å². The van der Waals surface area contributed by atoms with Gasteiger partial charge in [-0.15, -0.1) is 0 Å². The number of carboxylic acids is 1. The quantitative estimate of drug-likeness (QED) is 0.185. The van der Waals surface area contributed by atoms with Crippen LogP contribution < -0.4 is 15.0 Å². The van der Waals surface area contributed by atoms with E-state index in [2.05, 4.69) is 21.2 Å². The van der Waals surface area contributed by atoms with Crippen molar-refractivity contribution in [1.29, 1.82) is 0 Å². The zero-order valence-electron chi connectivity index (χ0n) is 32.9. The number of hydrogen-bond donors (Lipinski definition) is 2. The lowest BCUT2D eigenvalue weighted by Gasteiger charge is -2.39. The van der Waals surface area contributed by atoms with Gasteiger partial charge in [0, 0.05) is 87.7 Å². The maximum absolute atomic E-state index is 14.3. The van der Waals surface area contributed by atoms with E-state index in [4.69, 9.17) is 26.3 Å². The van der Waals surface area contributed by atoms with Crippen molar-refractivity contribution in [2.45, 2.75) is 77.4 Å². The molecule has 0 radical (unpaired) electrons. The number of benzene rings is 2. The van der Waals surface area contributed by atoms with E-state index >= 15 is 0 Å². The molecule has 2 aliphatic carbocycles. The molecule has 0 spiro atoms. The maximum atomic E-state index is 14.3. The lowest BCUT2D eigenvalue weighted by molar-refractivity contribution is -0.148. The van der Waals surface area contributed by atoms with Crippen LogP contribution in [-0.2, 0) is 42.6 Å². The van der Waals surface area contributed by atoms with E-state index in [0.717, 1.165) is 116 Å². The van der Waals surface area contributed by atoms with Crippen molar-refractivity contribution in [3.05, 3.63) is 81.9 Å². The molecule has 2 aromatic heterocycles. The number of aromatic nitrogens is 3. The highest BCUT2D eigenvalue weighted by Gasteiger charge is 2.57. The van der Waals surface area contributed by atoms with Crippen LogP contribution in [-0.4, -0.2) is 93.1 Å². The number of amides is 2. The zero-order chi connectivity index (χ0) is 39.6. The van der Waals surface area contributed by atoms with Gasteiger partial charge in [0.25, 0.3) is 5.91 Å². The number of carbonyl (C=O) groups excluding carboxylic acids is 2. The third-order valence-corrected chi connectivity index (χ3v) is 14.1. The van der Waals surface area contributed by atoms with Gasteiger partial charge >= 0.3 is 5.97 Å². The van der Waals surface area contributed by atoms with E-state index in [9.17, 15) is 19.5 Å². The third-order valence-electron chi connectivity index (χ3n) is 13.6. The molecule has 5 aliphatic rings. The second-order valence-electron chi connectivity index (χ2n) is 17.1. The number of methoxy groups -OCH3 is 1. The Morgan fingerprint density at radius 3 is 2.44 bits per heavy atom. The van der Waals surface area contributed by atoms with Gasteiger partial charge in [-0.3, -0.25) is 24.2 Å². The Bertz CT molecular complexity index is 2270. The first-order chi connectivity index (χ1) is 27.5. The van der Waals surface area contributed by atoms with Crippen LogP contribution in [0.3, 0.4) is 0 Å². The molecule has 2 aromatic carbocycles. The molecule has 12 nitrogen and oxygen atoms in total. The number of carboxylic acid groups (broad SMARTS) is 1. The maximum Gasteiger partial charge on any atom is 0.309 e. The molecular formula is C44H50ClN7O5. The van der Waals surface area contributed by atoms with Crippen molar-refractivity contribution >= 4 is 35.1 Å². The molecule has 3 fully saturated rings. The van der Waals surface area contributed by atoms with Crippen LogP contribution in [0.25, 0.3) is 22.4 Å². The van der Waals surface area contributed by atoms with Crippen molar-refractivity contribution < 1.29 is 24.2 Å². The van der Waals surface area contributed by atoms with Crippen molar-refractivity contribution in [2.24, 2.45) is 17.9 Å². The van der Waals surface area contributed by atoms with Gasteiger partial charge in [0.05, 0.1) is 35.0 Å². The Hall–Kier alpha value is -4.78. The molecule has 0 atom stereocenters. The number of ether oxygens (including phenoxy) is 1. The summed E-state index contributed by atoms with van der Waals surface area (Å²) in [5.74, 6) is 0.278. The van der Waals surface area contributed by atoms with Crippen LogP contribution in [0.4, 0.5) is 5.69 Å². The molecule has 2 amide bonds. The SMILES string of the molecule is COc1nc(-c2cccc(-c3cccc4c3CCN4C(=O)c3nc4c(n3C)CCN(CCC35CCC(C(=O)O)(CC3)C5)C4)c2Cl)ccc1CN1CC(NC(C)=O)C1. The second kappa shape index (κ2) is 14.6. The summed E-state index contributed by atoms with van der Waals surface area (Å²) < 4.78 is 7.72. The first kappa shape index (κ1) is 37.8. The molecular weight excluding hydrogens is 742 g/mol. The average Bonchev–Trinajstić information content (AvgIpc) is 3.98. The molecule has 57 heavy (non-hydrogen) atoms. The number of carbonyl (C=O) groups is 3. The van der Waals surface area contributed by atoms with E-state index in [1.54, 1.807) is 14.0 Å². The summed E-state index contributed by atoms with van der Waals surface area (Å²) in [6.07, 6.45) is 7.02. The zero-order valence-corrected chi connectivity index (χ0v) is 33.7. The van der Waals surface area contributed by atoms with E-state index in [0.29, 0.717) is 48.5 Å². The molecule has 1 saturated heterocycles. The number of hydrogen-bond acceptors (Lipinski definition) is 8. The fourth-order valence-electron chi connectivity index (χ4n) is 10.5. The minimum atomic E-state index is -0.611. The lowest BCUT2D eigenvalue weighted by Crippen LogP contribution is -2.58. The molecule has 0 unspecified atom stereocenters. The van der Waals surface area contributed by atoms with Crippen LogP contribution in [0.2, 0.25) is 5.02 Å². The fourth-order valence-corrected chi connectivity index (χ4v) is 10.8. The van der Waals surface area contributed by atoms with Gasteiger partial charge in [-0.05, 0) is 80.2 Å². The smallest absolute Gasteiger partial charge is 0.309 e. The number of halogens is 1. The highest BCUT2D eigenvalue weighted by Crippen LogP contribution is 2.63. The van der Waals surface area contributed by atoms with Gasteiger partial charge in [0.15, 0.2) is 5.82 Å². The summed E-state index contributed by atoms with van der Waals surface area (Å²) in [5, 5.41) is 13.4. The van der Waals surface area contributed by atoms with Crippen molar-refractivity contribution in [1.82, 2.24) is 29.7 Å². The monoisotopic (exact) mass is 791 g/mol. The largest absolute Gasteiger partial charge is 0.481 e. The summed E-state index contributed by atoms with van der Waals surface area (Å²) in [4.78, 5) is 54.1. The molecule has 2 saturated carbocycles. The Labute approximate surface area is 338 Å². The molecule has 2 bridgehead atoms. The molecule has 13 heteroatoms. The van der Waals surface area contributed by atoms with E-state index in [1.165, 1.54) is 0 Å². The van der Waals surface area contributed by atoms with Crippen molar-refractivity contribution in [3.8, 4) is 28.3 Å². The van der Waals surface area contributed by atoms with Crippen LogP contribution >= 0.6 is 11.6 Å². The van der Waals surface area contributed by atoms with Gasteiger partial charge in [-0.1, -0.05) is 48.0 Å². The van der Waals surface area contributed by atoms with E-state index < -0.39 is 11.4 Å². The first-order valence-corrected chi connectivity index (χ1v) is 20.6. The van der Waals surface area contributed by atoms with Crippen LogP contribution in [0.5, 0.6) is 5.88 Å². The number of likely N-dealkylation sites (tertiary alicyclic amines) is 1. The standard InChI is InChI=1S/C44H50ClN7O5/c1-27(53)46-29-23-51(24-29)22-28-10-11-34(48-40(28)57-3)33-8-4-7-32(38(33)45)30-6-5-9-36-31(30)12-20-52(36)41(54)39-47-35-25-50(19-13-37(35)49(39)2)21-18-43-14-16-44(26-43,17-15-43)42(55)56/h4-11,29H,12-26H2,1-3H3,(H,46,53)(H,55,56). The van der Waals surface area contributed by atoms with Crippen molar-refractivity contribution in [2.75, 3.05) is 44.7 Å². The third kappa shape index (κ3) is 6.69. The number of imidazole rings is 1. The Kier molecular flexibility index (Phi) is 9.64. The average molecular weight is 792 g/mol. The number of anilines is 1. The highest BCUT2D eigenvalue weighted by molar-refractivity contribution is 6.36. The number of nitrogens with one attached hydrogen (secondary N) is 1. The van der Waals surface area contributed by atoms with E-state index in [1.807, 2.05) is 59.0 Å². The van der Waals surface area contributed by atoms with Crippen molar-refractivity contribution in [3.63, 3.8) is 0 Å². The van der Waals surface area contributed by atoms with Gasteiger partial charge < -0.3 is 24.6 Å². The summed E-state index contributed by atoms with van der Waals surface area (Å²) in [5.41, 5.74) is 8.04. The van der Waals surface area contributed by atoms with Crippen LogP contribution in [0.1, 0.15) is 78.6 Å². The highest BCUT2D eigenvalue weighted by atomic mass is 35.5. The molecule has 2 N–H and O–H groups in total. The first-order valence-electron chi connectivity index (χ1n) is 20.2. The Balaban J connectivity index is 0.901. The normalized spacial score (nSPS) is 23.0. The van der Waals surface area contributed by atoms with Crippen LogP contribution in [0, 0.1) is 10.8 Å². The number of aliphatic carboxylic acids is 1. The molecule has 4 aromatic rings. The number of nitrogens with zero attached hydrogens (tertiary/aromatic N) is 6. The summed E-state index contributed by atoms with van der Waals surface area (Å²) >= 11 is 7.22. The molecule has 5 heterocycles. The van der Waals surface area contributed by atoms with E-state index in [-0.39, 0.29) is 23.3 Å². The second-order valence-corrected chi connectivity index (χ2v) is 17.4. The lowest BCUT2D eigenvalue weighted by atomic mass is 9.80. The summed E-state index contributed by atoms with van der Waals surface area (Å²) in [6.45, 7) is 6.87.